The summed E-state index contributed by atoms with van der Waals surface area (Å²) in [7, 11) is 0. The summed E-state index contributed by atoms with van der Waals surface area (Å²) < 4.78 is 5.65. The van der Waals surface area contributed by atoms with Crippen LogP contribution in [0.1, 0.15) is 24.2 Å². The molecule has 3 aromatic rings. The normalized spacial score (nSPS) is 11.2. The van der Waals surface area contributed by atoms with Gasteiger partial charge in [-0.2, -0.15) is 0 Å². The van der Waals surface area contributed by atoms with Crippen molar-refractivity contribution in [2.24, 2.45) is 0 Å². The molecule has 0 atom stereocenters. The molecule has 3 aromatic carbocycles. The van der Waals surface area contributed by atoms with Gasteiger partial charge in [0.2, 0.25) is 0 Å². The fourth-order valence-electron chi connectivity index (χ4n) is 2.57. The lowest BCUT2D eigenvalue weighted by Gasteiger charge is -2.14. The van der Waals surface area contributed by atoms with Gasteiger partial charge in [0.25, 0.3) is 0 Å². The Hall–Kier alpha value is -2.55. The molecule has 1 N–H and O–H groups in total. The molecule has 0 bridgehead atoms. The van der Waals surface area contributed by atoms with E-state index in [2.05, 4.69) is 0 Å². The first-order valence-corrected chi connectivity index (χ1v) is 6.91. The number of aromatic carboxylic acids is 1. The van der Waals surface area contributed by atoms with Crippen molar-refractivity contribution >= 4 is 27.5 Å². The minimum absolute atomic E-state index is 0.0685. The van der Waals surface area contributed by atoms with E-state index < -0.39 is 5.97 Å². The van der Waals surface area contributed by atoms with Crippen molar-refractivity contribution in [2.75, 3.05) is 0 Å². The number of hydrogen-bond acceptors (Lipinski definition) is 2. The van der Waals surface area contributed by atoms with Crippen LogP contribution in [-0.4, -0.2) is 17.2 Å². The zero-order valence-corrected chi connectivity index (χ0v) is 12.0. The summed E-state index contributed by atoms with van der Waals surface area (Å²) in [5.41, 5.74) is 0.229. The number of benzene rings is 3. The van der Waals surface area contributed by atoms with Crippen LogP contribution in [0.25, 0.3) is 21.5 Å². The molecule has 106 valence electrons. The predicted molar refractivity (Wildman–Crippen MR) is 84.2 cm³/mol. The van der Waals surface area contributed by atoms with Gasteiger partial charge in [0, 0.05) is 5.39 Å². The SMILES string of the molecule is CC(C)Oc1ccc2cc3ccccc3cc2c1C(=O)O. The van der Waals surface area contributed by atoms with Crippen LogP contribution in [-0.2, 0) is 0 Å². The lowest BCUT2D eigenvalue weighted by atomic mass is 9.99. The van der Waals surface area contributed by atoms with E-state index in [0.717, 1.165) is 16.2 Å². The summed E-state index contributed by atoms with van der Waals surface area (Å²) >= 11 is 0. The second-order valence-corrected chi connectivity index (χ2v) is 5.33. The number of carboxylic acid groups (broad SMARTS) is 1. The Morgan fingerprint density at radius 2 is 1.67 bits per heavy atom. The van der Waals surface area contributed by atoms with Gasteiger partial charge in [0.05, 0.1) is 6.10 Å². The third-order valence-corrected chi connectivity index (χ3v) is 3.42. The molecule has 21 heavy (non-hydrogen) atoms. The monoisotopic (exact) mass is 280 g/mol. The van der Waals surface area contributed by atoms with E-state index in [9.17, 15) is 9.90 Å². The first-order chi connectivity index (χ1) is 10.1. The first kappa shape index (κ1) is 13.4. The highest BCUT2D eigenvalue weighted by Crippen LogP contribution is 2.32. The van der Waals surface area contributed by atoms with E-state index >= 15 is 0 Å². The molecule has 0 amide bonds. The molecule has 3 heteroatoms. The van der Waals surface area contributed by atoms with Crippen molar-refractivity contribution in [2.45, 2.75) is 20.0 Å². The molecule has 0 radical (unpaired) electrons. The van der Waals surface area contributed by atoms with Gasteiger partial charge in [-0.25, -0.2) is 4.79 Å². The van der Waals surface area contributed by atoms with Gasteiger partial charge in [0.1, 0.15) is 11.3 Å². The highest BCUT2D eigenvalue weighted by molar-refractivity contribution is 6.10. The van der Waals surface area contributed by atoms with Gasteiger partial charge in [-0.15, -0.1) is 0 Å². The average molecular weight is 280 g/mol. The molecule has 0 aromatic heterocycles. The number of ether oxygens (including phenoxy) is 1. The maximum Gasteiger partial charge on any atom is 0.340 e. The highest BCUT2D eigenvalue weighted by Gasteiger charge is 2.17. The Labute approximate surface area is 122 Å². The summed E-state index contributed by atoms with van der Waals surface area (Å²) in [5.74, 6) is -0.549. The van der Waals surface area contributed by atoms with Crippen LogP contribution in [0.15, 0.2) is 48.5 Å². The second kappa shape index (κ2) is 5.09. The summed E-state index contributed by atoms with van der Waals surface area (Å²) in [6.07, 6.45) is -0.0685. The molecule has 0 fully saturated rings. The molecule has 3 nitrogen and oxygen atoms in total. The second-order valence-electron chi connectivity index (χ2n) is 5.33. The molecule has 0 aliphatic rings. The molecule has 0 spiro atoms. The lowest BCUT2D eigenvalue weighted by molar-refractivity contribution is 0.0693. The molecule has 0 saturated heterocycles. The Bertz CT molecular complexity index is 834. The Kier molecular flexibility index (Phi) is 3.26. The summed E-state index contributed by atoms with van der Waals surface area (Å²) in [4.78, 5) is 11.7. The van der Waals surface area contributed by atoms with Crippen molar-refractivity contribution in [3.05, 3.63) is 54.1 Å². The van der Waals surface area contributed by atoms with Crippen molar-refractivity contribution < 1.29 is 14.6 Å². The standard InChI is InChI=1S/C18H16O3/c1-11(2)21-16-8-7-14-9-12-5-3-4-6-13(12)10-15(14)17(16)18(19)20/h3-11H,1-2H3,(H,19,20). The maximum atomic E-state index is 11.7. The van der Waals surface area contributed by atoms with Crippen LogP contribution in [0.2, 0.25) is 0 Å². The van der Waals surface area contributed by atoms with Gasteiger partial charge < -0.3 is 9.84 Å². The summed E-state index contributed by atoms with van der Waals surface area (Å²) in [6, 6.07) is 15.5. The minimum atomic E-state index is -0.966. The number of carbonyl (C=O) groups is 1. The number of carboxylic acids is 1. The molecule has 0 unspecified atom stereocenters. The van der Waals surface area contributed by atoms with Crippen LogP contribution in [0, 0.1) is 0 Å². The molecule has 0 heterocycles. The van der Waals surface area contributed by atoms with Gasteiger partial charge in [-0.1, -0.05) is 30.3 Å². The molecule has 3 rings (SSSR count). The molecular formula is C18H16O3. The van der Waals surface area contributed by atoms with E-state index in [0.29, 0.717) is 11.1 Å². The lowest BCUT2D eigenvalue weighted by Crippen LogP contribution is -2.10. The number of fused-ring (bicyclic) bond motifs is 2. The van der Waals surface area contributed by atoms with Crippen LogP contribution >= 0.6 is 0 Å². The van der Waals surface area contributed by atoms with Crippen molar-refractivity contribution in [3.63, 3.8) is 0 Å². The third kappa shape index (κ3) is 2.42. The minimum Gasteiger partial charge on any atom is -0.490 e. The Morgan fingerprint density at radius 3 is 2.29 bits per heavy atom. The third-order valence-electron chi connectivity index (χ3n) is 3.42. The van der Waals surface area contributed by atoms with E-state index in [1.165, 1.54) is 0 Å². The largest absolute Gasteiger partial charge is 0.490 e. The van der Waals surface area contributed by atoms with Gasteiger partial charge in [-0.05, 0) is 48.2 Å². The van der Waals surface area contributed by atoms with Gasteiger partial charge >= 0.3 is 5.97 Å². The quantitative estimate of drug-likeness (QED) is 0.719. The van der Waals surface area contributed by atoms with Crippen molar-refractivity contribution in [3.8, 4) is 5.75 Å². The Balaban J connectivity index is 2.35. The highest BCUT2D eigenvalue weighted by atomic mass is 16.5. The molecular weight excluding hydrogens is 264 g/mol. The average Bonchev–Trinajstić information content (AvgIpc) is 2.44. The van der Waals surface area contributed by atoms with E-state index in [-0.39, 0.29) is 11.7 Å². The molecule has 0 aliphatic heterocycles. The summed E-state index contributed by atoms with van der Waals surface area (Å²) in [6.45, 7) is 3.77. The predicted octanol–water partition coefficient (Wildman–Crippen LogP) is 4.48. The van der Waals surface area contributed by atoms with E-state index in [1.54, 1.807) is 6.07 Å². The fourth-order valence-corrected chi connectivity index (χ4v) is 2.57. The van der Waals surface area contributed by atoms with Gasteiger partial charge in [-0.3, -0.25) is 0 Å². The topological polar surface area (TPSA) is 46.5 Å². The van der Waals surface area contributed by atoms with Crippen LogP contribution in [0.3, 0.4) is 0 Å². The molecule has 0 aliphatic carbocycles. The number of rotatable bonds is 3. The van der Waals surface area contributed by atoms with Crippen molar-refractivity contribution in [1.82, 2.24) is 0 Å². The maximum absolute atomic E-state index is 11.7. The van der Waals surface area contributed by atoms with E-state index in [4.69, 9.17) is 4.74 Å². The zero-order chi connectivity index (χ0) is 15.0. The van der Waals surface area contributed by atoms with Gasteiger partial charge in [0.15, 0.2) is 0 Å². The van der Waals surface area contributed by atoms with Crippen LogP contribution in [0.5, 0.6) is 5.75 Å². The number of hydrogen-bond donors (Lipinski definition) is 1. The molecule has 0 saturated carbocycles. The smallest absolute Gasteiger partial charge is 0.340 e. The van der Waals surface area contributed by atoms with Crippen molar-refractivity contribution in [1.29, 1.82) is 0 Å². The first-order valence-electron chi connectivity index (χ1n) is 6.91. The summed E-state index contributed by atoms with van der Waals surface area (Å²) in [5, 5.41) is 13.3. The Morgan fingerprint density at radius 1 is 1.00 bits per heavy atom. The van der Waals surface area contributed by atoms with Crippen LogP contribution in [0.4, 0.5) is 0 Å². The fraction of sp³-hybridized carbons (Fsp3) is 0.167. The van der Waals surface area contributed by atoms with E-state index in [1.807, 2.05) is 56.3 Å². The zero-order valence-electron chi connectivity index (χ0n) is 12.0. The van der Waals surface area contributed by atoms with Crippen LogP contribution < -0.4 is 4.74 Å².